The fraction of sp³-hybridized carbons (Fsp3) is 0.353. The summed E-state index contributed by atoms with van der Waals surface area (Å²) in [6.07, 6.45) is 3.76. The molecule has 0 aliphatic heterocycles. The van der Waals surface area contributed by atoms with Crippen LogP contribution in [0.2, 0.25) is 0 Å². The number of nitrogens with two attached hydrogens (primary N) is 1. The first-order valence-corrected chi connectivity index (χ1v) is 7.91. The van der Waals surface area contributed by atoms with Gasteiger partial charge in [0.25, 0.3) is 0 Å². The van der Waals surface area contributed by atoms with Crippen LogP contribution in [0.1, 0.15) is 31.4 Å². The molecular weight excluding hydrogens is 326 g/mol. The van der Waals surface area contributed by atoms with Gasteiger partial charge in [0, 0.05) is 5.54 Å². The Labute approximate surface area is 135 Å². The maximum Gasteiger partial charge on any atom is 0.141 e. The summed E-state index contributed by atoms with van der Waals surface area (Å²) in [7, 11) is 0. The monoisotopic (exact) mass is 347 g/mol. The molecule has 0 aliphatic carbocycles. The highest BCUT2D eigenvalue weighted by Crippen LogP contribution is 2.30. The van der Waals surface area contributed by atoms with Gasteiger partial charge >= 0.3 is 0 Å². The predicted octanol–water partition coefficient (Wildman–Crippen LogP) is 4.56. The van der Waals surface area contributed by atoms with Gasteiger partial charge in [-0.2, -0.15) is 0 Å². The molecule has 0 bridgehead atoms. The van der Waals surface area contributed by atoms with E-state index >= 15 is 0 Å². The average Bonchev–Trinajstić information content (AvgIpc) is 2.47. The molecule has 1 heterocycles. The smallest absolute Gasteiger partial charge is 0.141 e. The minimum absolute atomic E-state index is 0.0477. The quantitative estimate of drug-likeness (QED) is 0.833. The molecule has 1 aromatic carbocycles. The molecule has 0 unspecified atom stereocenters. The van der Waals surface area contributed by atoms with Crippen LogP contribution >= 0.6 is 15.9 Å². The first kappa shape index (κ1) is 15.8. The summed E-state index contributed by atoms with van der Waals surface area (Å²) in [5.41, 5.74) is 8.90. The van der Waals surface area contributed by atoms with Gasteiger partial charge in [-0.15, -0.1) is 0 Å². The number of anilines is 2. The summed E-state index contributed by atoms with van der Waals surface area (Å²) in [6, 6.07) is 10.5. The molecule has 0 saturated heterocycles. The molecule has 2 aromatic rings. The minimum Gasteiger partial charge on any atom is -0.397 e. The highest BCUT2D eigenvalue weighted by molar-refractivity contribution is 9.10. The molecule has 1 aromatic heterocycles. The molecule has 0 spiro atoms. The number of rotatable bonds is 5. The first-order chi connectivity index (χ1) is 9.89. The van der Waals surface area contributed by atoms with Crippen LogP contribution in [0.3, 0.4) is 0 Å². The SMILES string of the molecule is Cc1c(N)cnc(NC(C)(C)CCc2ccccc2)c1Br. The molecule has 112 valence electrons. The van der Waals surface area contributed by atoms with Gasteiger partial charge in [0.05, 0.1) is 16.4 Å². The van der Waals surface area contributed by atoms with Gasteiger partial charge in [0.2, 0.25) is 0 Å². The number of aryl methyl sites for hydroxylation is 1. The van der Waals surface area contributed by atoms with Gasteiger partial charge in [-0.1, -0.05) is 30.3 Å². The molecule has 0 fully saturated rings. The summed E-state index contributed by atoms with van der Waals surface area (Å²) < 4.78 is 0.940. The largest absolute Gasteiger partial charge is 0.397 e. The third kappa shape index (κ3) is 4.21. The van der Waals surface area contributed by atoms with Gasteiger partial charge in [-0.05, 0) is 60.7 Å². The van der Waals surface area contributed by atoms with Crippen molar-refractivity contribution in [3.05, 3.63) is 52.1 Å². The van der Waals surface area contributed by atoms with Crippen molar-refractivity contribution in [2.24, 2.45) is 0 Å². The zero-order valence-corrected chi connectivity index (χ0v) is 14.4. The second kappa shape index (κ2) is 6.48. The lowest BCUT2D eigenvalue weighted by atomic mass is 9.95. The van der Waals surface area contributed by atoms with E-state index in [4.69, 9.17) is 5.73 Å². The Kier molecular flexibility index (Phi) is 4.88. The van der Waals surface area contributed by atoms with Crippen molar-refractivity contribution in [1.82, 2.24) is 4.98 Å². The van der Waals surface area contributed by atoms with Crippen LogP contribution in [0, 0.1) is 6.92 Å². The summed E-state index contributed by atoms with van der Waals surface area (Å²) in [4.78, 5) is 4.40. The lowest BCUT2D eigenvalue weighted by molar-refractivity contribution is 0.516. The fourth-order valence-corrected chi connectivity index (χ4v) is 2.59. The zero-order chi connectivity index (χ0) is 15.5. The van der Waals surface area contributed by atoms with E-state index in [1.54, 1.807) is 6.20 Å². The van der Waals surface area contributed by atoms with Crippen molar-refractivity contribution in [1.29, 1.82) is 0 Å². The first-order valence-electron chi connectivity index (χ1n) is 7.12. The van der Waals surface area contributed by atoms with Crippen LogP contribution in [0.5, 0.6) is 0 Å². The Balaban J connectivity index is 2.05. The zero-order valence-electron chi connectivity index (χ0n) is 12.8. The predicted molar refractivity (Wildman–Crippen MR) is 93.6 cm³/mol. The van der Waals surface area contributed by atoms with E-state index in [2.05, 4.69) is 64.3 Å². The number of nitrogens with zero attached hydrogens (tertiary/aromatic N) is 1. The van der Waals surface area contributed by atoms with Crippen molar-refractivity contribution < 1.29 is 0 Å². The number of nitrogen functional groups attached to an aromatic ring is 1. The van der Waals surface area contributed by atoms with E-state index in [1.165, 1.54) is 5.56 Å². The standard InChI is InChI=1S/C17H22BrN3/c1-12-14(19)11-20-16(15(12)18)21-17(2,3)10-9-13-7-5-4-6-8-13/h4-8,11H,9-10,19H2,1-3H3,(H,20,21). The second-order valence-electron chi connectivity index (χ2n) is 6.00. The molecule has 0 amide bonds. The molecule has 4 heteroatoms. The molecule has 0 radical (unpaired) electrons. The van der Waals surface area contributed by atoms with E-state index in [9.17, 15) is 0 Å². The van der Waals surface area contributed by atoms with E-state index in [-0.39, 0.29) is 5.54 Å². The number of nitrogens with one attached hydrogen (secondary N) is 1. The van der Waals surface area contributed by atoms with Crippen molar-refractivity contribution in [3.8, 4) is 0 Å². The number of hydrogen-bond acceptors (Lipinski definition) is 3. The summed E-state index contributed by atoms with van der Waals surface area (Å²) in [6.45, 7) is 6.37. The Morgan fingerprint density at radius 2 is 1.90 bits per heavy atom. The van der Waals surface area contributed by atoms with Crippen LogP contribution in [-0.2, 0) is 6.42 Å². The van der Waals surface area contributed by atoms with Crippen molar-refractivity contribution >= 4 is 27.4 Å². The van der Waals surface area contributed by atoms with Crippen molar-refractivity contribution in [2.45, 2.75) is 39.2 Å². The molecule has 0 atom stereocenters. The Bertz CT molecular complexity index is 609. The number of aromatic nitrogens is 1. The average molecular weight is 348 g/mol. The van der Waals surface area contributed by atoms with Gasteiger partial charge in [0.15, 0.2) is 0 Å². The van der Waals surface area contributed by atoms with Crippen molar-refractivity contribution in [3.63, 3.8) is 0 Å². The van der Waals surface area contributed by atoms with Crippen molar-refractivity contribution in [2.75, 3.05) is 11.1 Å². The lowest BCUT2D eigenvalue weighted by Crippen LogP contribution is -2.32. The van der Waals surface area contributed by atoms with Gasteiger partial charge in [-0.25, -0.2) is 4.98 Å². The maximum atomic E-state index is 5.87. The van der Waals surface area contributed by atoms with Crippen LogP contribution in [0.25, 0.3) is 0 Å². The van der Waals surface area contributed by atoms with E-state index in [0.29, 0.717) is 5.69 Å². The van der Waals surface area contributed by atoms with Crippen LogP contribution < -0.4 is 11.1 Å². The third-order valence-corrected chi connectivity index (χ3v) is 4.61. The second-order valence-corrected chi connectivity index (χ2v) is 6.79. The number of hydrogen-bond donors (Lipinski definition) is 2. The number of pyridine rings is 1. The molecule has 3 N–H and O–H groups in total. The minimum atomic E-state index is -0.0477. The molecular formula is C17H22BrN3. The highest BCUT2D eigenvalue weighted by atomic mass is 79.9. The fourth-order valence-electron chi connectivity index (χ4n) is 2.16. The normalized spacial score (nSPS) is 11.4. The highest BCUT2D eigenvalue weighted by Gasteiger charge is 2.20. The summed E-state index contributed by atoms with van der Waals surface area (Å²) in [5, 5.41) is 3.51. The molecule has 2 rings (SSSR count). The van der Waals surface area contributed by atoms with Gasteiger partial charge in [-0.3, -0.25) is 0 Å². The van der Waals surface area contributed by atoms with E-state index in [1.807, 2.05) is 13.0 Å². The van der Waals surface area contributed by atoms with Crippen LogP contribution in [0.4, 0.5) is 11.5 Å². The molecule has 0 aliphatic rings. The number of halogens is 1. The molecule has 0 saturated carbocycles. The maximum absolute atomic E-state index is 5.87. The topological polar surface area (TPSA) is 50.9 Å². The summed E-state index contributed by atoms with van der Waals surface area (Å²) >= 11 is 3.57. The Morgan fingerprint density at radius 3 is 2.57 bits per heavy atom. The van der Waals surface area contributed by atoms with E-state index in [0.717, 1.165) is 28.7 Å². The molecule has 3 nitrogen and oxygen atoms in total. The van der Waals surface area contributed by atoms with Gasteiger partial charge < -0.3 is 11.1 Å². The Hall–Kier alpha value is -1.55. The third-order valence-electron chi connectivity index (χ3n) is 3.64. The number of benzene rings is 1. The lowest BCUT2D eigenvalue weighted by Gasteiger charge is -2.28. The molecule has 21 heavy (non-hydrogen) atoms. The Morgan fingerprint density at radius 1 is 1.24 bits per heavy atom. The van der Waals surface area contributed by atoms with Gasteiger partial charge in [0.1, 0.15) is 5.82 Å². The van der Waals surface area contributed by atoms with Crippen LogP contribution in [-0.4, -0.2) is 10.5 Å². The summed E-state index contributed by atoms with van der Waals surface area (Å²) in [5.74, 6) is 0.847. The van der Waals surface area contributed by atoms with Crippen LogP contribution in [0.15, 0.2) is 41.0 Å². The van der Waals surface area contributed by atoms with E-state index < -0.39 is 0 Å².